The molecule has 10 heteroatoms. The minimum atomic E-state index is -4.63. The molecular weight excluding hydrogens is 653 g/mol. The molecule has 0 aliphatic rings. The molecule has 2 atom stereocenters. The highest BCUT2D eigenvalue weighted by atomic mass is 31.2. The highest BCUT2D eigenvalue weighted by Gasteiger charge is 2.21. The molecule has 0 N–H and O–H groups in total. The van der Waals surface area contributed by atoms with E-state index in [1.54, 1.807) is 0 Å². The number of quaternary nitrogens is 1. The van der Waals surface area contributed by atoms with Gasteiger partial charge in [0.05, 0.1) is 27.7 Å². The van der Waals surface area contributed by atoms with Crippen LogP contribution >= 0.6 is 7.82 Å². The maximum Gasteiger partial charge on any atom is 0.306 e. The van der Waals surface area contributed by atoms with E-state index in [4.69, 9.17) is 18.5 Å². The molecule has 9 nitrogen and oxygen atoms in total. The maximum atomic E-state index is 12.6. The summed E-state index contributed by atoms with van der Waals surface area (Å²) in [6.07, 6.45) is 33.6. The van der Waals surface area contributed by atoms with E-state index in [-0.39, 0.29) is 26.1 Å². The predicted octanol–water partition coefficient (Wildman–Crippen LogP) is 10.2. The Hall–Kier alpha value is -1.51. The second-order valence-corrected chi connectivity index (χ2v) is 16.1. The maximum absolute atomic E-state index is 12.6. The van der Waals surface area contributed by atoms with Crippen LogP contribution < -0.4 is 4.89 Å². The van der Waals surface area contributed by atoms with E-state index in [9.17, 15) is 19.0 Å². The Morgan fingerprint density at radius 2 is 1.12 bits per heavy atom. The van der Waals surface area contributed by atoms with Gasteiger partial charge in [0.25, 0.3) is 7.82 Å². The summed E-state index contributed by atoms with van der Waals surface area (Å²) in [5.74, 6) is -0.911. The third kappa shape index (κ3) is 36.3. The number of carbonyl (C=O) groups excluding carboxylic acids is 2. The summed E-state index contributed by atoms with van der Waals surface area (Å²) in [5.41, 5.74) is 0. The van der Waals surface area contributed by atoms with Gasteiger partial charge in [-0.3, -0.25) is 14.2 Å². The number of hydrogen-bond acceptors (Lipinski definition) is 8. The number of carbonyl (C=O) groups is 2. The van der Waals surface area contributed by atoms with E-state index in [0.717, 1.165) is 32.1 Å². The van der Waals surface area contributed by atoms with E-state index in [0.29, 0.717) is 17.4 Å². The molecule has 0 aromatic rings. The third-order valence-electron chi connectivity index (χ3n) is 8.49. The van der Waals surface area contributed by atoms with Gasteiger partial charge in [0.1, 0.15) is 19.8 Å². The zero-order chi connectivity index (χ0) is 37.2. The van der Waals surface area contributed by atoms with Gasteiger partial charge in [-0.1, -0.05) is 147 Å². The van der Waals surface area contributed by atoms with E-state index >= 15 is 0 Å². The van der Waals surface area contributed by atoms with Gasteiger partial charge in [-0.05, 0) is 32.1 Å². The molecule has 0 bridgehead atoms. The lowest BCUT2D eigenvalue weighted by Gasteiger charge is -2.28. The monoisotopic (exact) mass is 730 g/mol. The van der Waals surface area contributed by atoms with Crippen LogP contribution in [-0.2, 0) is 32.7 Å². The molecule has 0 spiro atoms. The first kappa shape index (κ1) is 48.5. The van der Waals surface area contributed by atoms with Crippen molar-refractivity contribution in [1.29, 1.82) is 0 Å². The molecular formula is C40H76NO8P. The minimum absolute atomic E-state index is 0.0383. The largest absolute Gasteiger partial charge is 0.756 e. The lowest BCUT2D eigenvalue weighted by Crippen LogP contribution is -2.37. The molecule has 50 heavy (non-hydrogen) atoms. The highest BCUT2D eigenvalue weighted by molar-refractivity contribution is 7.45. The number of esters is 2. The molecule has 0 heterocycles. The Kier molecular flexibility index (Phi) is 32.3. The van der Waals surface area contributed by atoms with Gasteiger partial charge in [-0.2, -0.15) is 0 Å². The van der Waals surface area contributed by atoms with Crippen LogP contribution in [0, 0.1) is 0 Å². The first-order valence-corrected chi connectivity index (χ1v) is 21.5. The van der Waals surface area contributed by atoms with Crippen molar-refractivity contribution < 1.29 is 42.1 Å². The Morgan fingerprint density at radius 1 is 0.620 bits per heavy atom. The van der Waals surface area contributed by atoms with Crippen LogP contribution in [0.5, 0.6) is 0 Å². The number of phosphoric acid groups is 1. The zero-order valence-corrected chi connectivity index (χ0v) is 33.7. The summed E-state index contributed by atoms with van der Waals surface area (Å²) in [6, 6.07) is 0. The fourth-order valence-corrected chi connectivity index (χ4v) is 6.02. The minimum Gasteiger partial charge on any atom is -0.756 e. The van der Waals surface area contributed by atoms with Crippen molar-refractivity contribution in [3.05, 3.63) is 24.3 Å². The first-order chi connectivity index (χ1) is 24.0. The number of rotatable bonds is 36. The lowest BCUT2D eigenvalue weighted by atomic mass is 10.1. The number of ether oxygens (including phenoxy) is 2. The molecule has 0 aliphatic carbocycles. The molecule has 0 amide bonds. The van der Waals surface area contributed by atoms with Crippen LogP contribution in [0.25, 0.3) is 0 Å². The van der Waals surface area contributed by atoms with Crippen molar-refractivity contribution in [2.24, 2.45) is 0 Å². The normalized spacial score (nSPS) is 14.0. The third-order valence-corrected chi connectivity index (χ3v) is 9.45. The molecule has 0 aromatic carbocycles. The molecule has 0 aromatic heterocycles. The number of nitrogens with zero attached hydrogens (tertiary/aromatic N) is 1. The zero-order valence-electron chi connectivity index (χ0n) is 32.8. The Labute approximate surface area is 307 Å². The Bertz CT molecular complexity index is 918. The molecule has 0 radical (unpaired) electrons. The fraction of sp³-hybridized carbons (Fsp3) is 0.850. The van der Waals surface area contributed by atoms with E-state index in [1.807, 2.05) is 33.3 Å². The van der Waals surface area contributed by atoms with Gasteiger partial charge in [0, 0.05) is 12.8 Å². The lowest BCUT2D eigenvalue weighted by molar-refractivity contribution is -0.870. The van der Waals surface area contributed by atoms with Crippen molar-refractivity contribution in [2.75, 3.05) is 47.5 Å². The molecule has 0 saturated carbocycles. The van der Waals surface area contributed by atoms with Gasteiger partial charge in [-0.25, -0.2) is 0 Å². The van der Waals surface area contributed by atoms with Crippen LogP contribution in [0.2, 0.25) is 0 Å². The standard InChI is InChI=1S/C40H76NO8P/c1-6-8-10-12-14-16-18-19-20-21-23-25-27-29-31-33-40(43)49-38(37-48-50(44,45)47-35-34-41(3,4)5)36-46-39(42)32-30-28-26-24-22-17-15-13-11-9-7-2/h21,23,27,29,38H,6-20,22,24-26,28,30-37H2,1-5H3/b23-21-,29-27-. The first-order valence-electron chi connectivity index (χ1n) is 20.0. The Balaban J connectivity index is 4.49. The SMILES string of the molecule is CCCCCCCCCC/C=C\C/C=C\CCC(=O)OC(COC(=O)CCCCCCCCCCCCC)COP(=O)([O-])OCC[N+](C)(C)C. The molecule has 2 unspecified atom stereocenters. The van der Waals surface area contributed by atoms with Crippen molar-refractivity contribution in [2.45, 2.75) is 174 Å². The Morgan fingerprint density at radius 3 is 1.66 bits per heavy atom. The summed E-state index contributed by atoms with van der Waals surface area (Å²) in [5, 5.41) is 0. The van der Waals surface area contributed by atoms with E-state index < -0.39 is 32.5 Å². The molecule has 0 aliphatic heterocycles. The predicted molar refractivity (Wildman–Crippen MR) is 204 cm³/mol. The molecule has 0 saturated heterocycles. The second-order valence-electron chi connectivity index (χ2n) is 14.7. The van der Waals surface area contributed by atoms with E-state index in [2.05, 4.69) is 26.0 Å². The summed E-state index contributed by atoms with van der Waals surface area (Å²) in [4.78, 5) is 37.3. The quantitative estimate of drug-likeness (QED) is 0.0206. The second kappa shape index (κ2) is 33.3. The van der Waals surface area contributed by atoms with Crippen molar-refractivity contribution in [3.8, 4) is 0 Å². The fourth-order valence-electron chi connectivity index (χ4n) is 5.29. The van der Waals surface area contributed by atoms with Crippen LogP contribution in [0.15, 0.2) is 24.3 Å². The number of phosphoric ester groups is 1. The smallest absolute Gasteiger partial charge is 0.306 e. The molecule has 0 rings (SSSR count). The summed E-state index contributed by atoms with van der Waals surface area (Å²) in [6.45, 7) is 4.14. The number of unbranched alkanes of at least 4 members (excludes halogenated alkanes) is 18. The van der Waals surface area contributed by atoms with Gasteiger partial charge in [-0.15, -0.1) is 0 Å². The summed E-state index contributed by atoms with van der Waals surface area (Å²) < 4.78 is 33.7. The highest BCUT2D eigenvalue weighted by Crippen LogP contribution is 2.38. The number of hydrogen-bond donors (Lipinski definition) is 0. The van der Waals surface area contributed by atoms with Crippen molar-refractivity contribution >= 4 is 19.8 Å². The van der Waals surface area contributed by atoms with Gasteiger partial charge in [0.15, 0.2) is 6.10 Å². The van der Waals surface area contributed by atoms with Crippen LogP contribution in [0.4, 0.5) is 0 Å². The average Bonchev–Trinajstić information content (AvgIpc) is 3.06. The van der Waals surface area contributed by atoms with Gasteiger partial charge >= 0.3 is 11.9 Å². The number of allylic oxidation sites excluding steroid dienone is 4. The number of likely N-dealkylation sites (N-methyl/N-ethyl adjacent to an activating group) is 1. The molecule has 0 fully saturated rings. The van der Waals surface area contributed by atoms with Crippen LogP contribution in [0.3, 0.4) is 0 Å². The van der Waals surface area contributed by atoms with Crippen LogP contribution in [0.1, 0.15) is 168 Å². The van der Waals surface area contributed by atoms with Crippen molar-refractivity contribution in [3.63, 3.8) is 0 Å². The molecule has 294 valence electrons. The summed E-state index contributed by atoms with van der Waals surface area (Å²) in [7, 11) is 1.14. The van der Waals surface area contributed by atoms with Gasteiger partial charge < -0.3 is 27.9 Å². The summed E-state index contributed by atoms with van der Waals surface area (Å²) >= 11 is 0. The van der Waals surface area contributed by atoms with Crippen LogP contribution in [-0.4, -0.2) is 70.0 Å². The topological polar surface area (TPSA) is 111 Å². The van der Waals surface area contributed by atoms with Gasteiger partial charge in [0.2, 0.25) is 0 Å². The average molecular weight is 730 g/mol. The van der Waals surface area contributed by atoms with E-state index in [1.165, 1.54) is 103 Å². The van der Waals surface area contributed by atoms with Crippen molar-refractivity contribution in [1.82, 2.24) is 0 Å².